The lowest BCUT2D eigenvalue weighted by Crippen LogP contribution is -2.45. The van der Waals surface area contributed by atoms with E-state index >= 15 is 4.39 Å². The van der Waals surface area contributed by atoms with Crippen molar-refractivity contribution < 1.29 is 4.39 Å². The average Bonchev–Trinajstić information content (AvgIpc) is 2.85. The molecule has 0 spiro atoms. The molecule has 1 aliphatic rings. The van der Waals surface area contributed by atoms with Crippen molar-refractivity contribution in [1.82, 2.24) is 15.5 Å². The molecule has 0 radical (unpaired) electrons. The SMILES string of the molecule is C=C(NCCN1CCNCC1)c1c(F)c(Cl)cc(CC(C)=N/C(C)=C(C)/C(N)=N\C=C/C)c1CC(C)C. The van der Waals surface area contributed by atoms with E-state index in [1.807, 2.05) is 33.8 Å². The summed E-state index contributed by atoms with van der Waals surface area (Å²) in [5.74, 6) is 0.341. The zero-order valence-corrected chi connectivity index (χ0v) is 24.1. The van der Waals surface area contributed by atoms with Crippen LogP contribution in [-0.2, 0) is 12.8 Å². The molecular weight excluding hydrogens is 487 g/mol. The number of amidine groups is 1. The number of rotatable bonds is 12. The highest BCUT2D eigenvalue weighted by Crippen LogP contribution is 2.32. The molecule has 0 amide bonds. The Morgan fingerprint density at radius 3 is 2.59 bits per heavy atom. The van der Waals surface area contributed by atoms with Crippen molar-refractivity contribution in [3.05, 3.63) is 63.7 Å². The van der Waals surface area contributed by atoms with Gasteiger partial charge >= 0.3 is 0 Å². The van der Waals surface area contributed by atoms with Crippen molar-refractivity contribution in [3.8, 4) is 0 Å². The molecule has 37 heavy (non-hydrogen) atoms. The Morgan fingerprint density at radius 1 is 1.30 bits per heavy atom. The van der Waals surface area contributed by atoms with E-state index in [1.165, 1.54) is 0 Å². The predicted molar refractivity (Wildman–Crippen MR) is 158 cm³/mol. The van der Waals surface area contributed by atoms with Crippen LogP contribution in [0.5, 0.6) is 0 Å². The van der Waals surface area contributed by atoms with Crippen LogP contribution in [0.2, 0.25) is 5.02 Å². The number of hydrogen-bond donors (Lipinski definition) is 3. The third kappa shape index (κ3) is 9.40. The molecule has 1 fully saturated rings. The standard InChI is InChI=1S/C29H44ClFN6/c1-8-9-35-29(32)21(5)22(6)36-20(4)17-24-18-26(30)28(31)27(25(24)16-19(2)3)23(7)34-12-15-37-13-10-33-11-14-37/h8-9,18-19,33-34H,7,10-17H2,1-6H3,(H2,32,35)/b9-8-,22-21+,36-20?. The first-order valence-electron chi connectivity index (χ1n) is 13.1. The molecule has 2 rings (SSSR count). The van der Waals surface area contributed by atoms with Gasteiger partial charge in [0.25, 0.3) is 0 Å². The van der Waals surface area contributed by atoms with Gasteiger partial charge in [-0.25, -0.2) is 9.38 Å². The van der Waals surface area contributed by atoms with E-state index in [-0.39, 0.29) is 5.02 Å². The van der Waals surface area contributed by atoms with Crippen LogP contribution in [0, 0.1) is 11.7 Å². The molecule has 8 heteroatoms. The number of aliphatic imine (C=N–C) groups is 2. The van der Waals surface area contributed by atoms with Crippen LogP contribution in [0.25, 0.3) is 5.70 Å². The van der Waals surface area contributed by atoms with Crippen LogP contribution in [0.3, 0.4) is 0 Å². The maximum Gasteiger partial charge on any atom is 0.151 e. The molecule has 0 atom stereocenters. The minimum atomic E-state index is -0.421. The summed E-state index contributed by atoms with van der Waals surface area (Å²) in [6, 6.07) is 1.74. The molecule has 0 aromatic heterocycles. The second-order valence-electron chi connectivity index (χ2n) is 10.0. The lowest BCUT2D eigenvalue weighted by atomic mass is 9.89. The van der Waals surface area contributed by atoms with Crippen molar-refractivity contribution in [2.75, 3.05) is 39.3 Å². The summed E-state index contributed by atoms with van der Waals surface area (Å²) in [6.45, 7) is 21.7. The third-order valence-electron chi connectivity index (χ3n) is 6.40. The molecular formula is C29H44ClFN6. The molecule has 1 aromatic rings. The van der Waals surface area contributed by atoms with Gasteiger partial charge in [0.2, 0.25) is 0 Å². The normalized spacial score (nSPS) is 16.5. The number of benzene rings is 1. The van der Waals surface area contributed by atoms with E-state index in [4.69, 9.17) is 22.3 Å². The Balaban J connectivity index is 2.34. The summed E-state index contributed by atoms with van der Waals surface area (Å²) in [4.78, 5) is 11.4. The molecule has 4 N–H and O–H groups in total. The van der Waals surface area contributed by atoms with Crippen molar-refractivity contribution in [2.24, 2.45) is 21.6 Å². The van der Waals surface area contributed by atoms with Gasteiger partial charge in [-0.1, -0.05) is 38.1 Å². The lowest BCUT2D eigenvalue weighted by molar-refractivity contribution is 0.244. The second kappa shape index (κ2) is 15.1. The lowest BCUT2D eigenvalue weighted by Gasteiger charge is -2.27. The van der Waals surface area contributed by atoms with Gasteiger partial charge in [-0.2, -0.15) is 0 Å². The Bertz CT molecular complexity index is 1060. The topological polar surface area (TPSA) is 78.0 Å². The maximum atomic E-state index is 15.4. The van der Waals surface area contributed by atoms with E-state index < -0.39 is 5.82 Å². The predicted octanol–water partition coefficient (Wildman–Crippen LogP) is 5.33. The van der Waals surface area contributed by atoms with E-state index in [9.17, 15) is 0 Å². The number of nitrogens with zero attached hydrogens (tertiary/aromatic N) is 3. The molecule has 1 aliphatic heterocycles. The molecule has 204 valence electrons. The molecule has 0 bridgehead atoms. The summed E-state index contributed by atoms with van der Waals surface area (Å²) in [6.07, 6.45) is 4.73. The van der Waals surface area contributed by atoms with Gasteiger partial charge in [-0.3, -0.25) is 9.89 Å². The molecule has 1 saturated heterocycles. The summed E-state index contributed by atoms with van der Waals surface area (Å²) in [7, 11) is 0. The van der Waals surface area contributed by atoms with Crippen LogP contribution < -0.4 is 16.4 Å². The molecule has 1 heterocycles. The van der Waals surface area contributed by atoms with Gasteiger partial charge in [-0.05, 0) is 57.2 Å². The Morgan fingerprint density at radius 2 is 1.97 bits per heavy atom. The summed E-state index contributed by atoms with van der Waals surface area (Å²) >= 11 is 6.41. The smallest absolute Gasteiger partial charge is 0.151 e. The number of nitrogens with one attached hydrogen (secondary N) is 2. The van der Waals surface area contributed by atoms with Crippen molar-refractivity contribution in [3.63, 3.8) is 0 Å². The number of piperazine rings is 1. The van der Waals surface area contributed by atoms with E-state index in [0.717, 1.165) is 60.8 Å². The fraction of sp³-hybridized carbons (Fsp3) is 0.517. The van der Waals surface area contributed by atoms with Crippen molar-refractivity contribution >= 4 is 28.8 Å². The van der Waals surface area contributed by atoms with Gasteiger partial charge in [-0.15, -0.1) is 0 Å². The monoisotopic (exact) mass is 530 g/mol. The Kier molecular flexibility index (Phi) is 12.5. The minimum absolute atomic E-state index is 0.0986. The minimum Gasteiger partial charge on any atom is -0.384 e. The molecule has 1 aromatic carbocycles. The van der Waals surface area contributed by atoms with E-state index in [2.05, 4.69) is 41.0 Å². The summed E-state index contributed by atoms with van der Waals surface area (Å²) in [5, 5.41) is 6.82. The zero-order valence-electron chi connectivity index (χ0n) is 23.3. The first kappa shape index (κ1) is 30.7. The van der Waals surface area contributed by atoms with Crippen LogP contribution in [-0.4, -0.2) is 55.7 Å². The van der Waals surface area contributed by atoms with Gasteiger partial charge in [0.1, 0.15) is 5.84 Å². The fourth-order valence-electron chi connectivity index (χ4n) is 4.34. The fourth-order valence-corrected chi connectivity index (χ4v) is 4.57. The van der Waals surface area contributed by atoms with Gasteiger partial charge in [0.05, 0.1) is 5.02 Å². The van der Waals surface area contributed by atoms with Gasteiger partial charge in [0, 0.05) is 80.1 Å². The molecule has 0 unspecified atom stereocenters. The van der Waals surface area contributed by atoms with Crippen LogP contribution in [0.4, 0.5) is 4.39 Å². The summed E-state index contributed by atoms with van der Waals surface area (Å²) < 4.78 is 15.4. The van der Waals surface area contributed by atoms with Crippen LogP contribution in [0.1, 0.15) is 58.2 Å². The van der Waals surface area contributed by atoms with E-state index in [1.54, 1.807) is 12.3 Å². The van der Waals surface area contributed by atoms with Gasteiger partial charge in [0.15, 0.2) is 5.82 Å². The second-order valence-corrected chi connectivity index (χ2v) is 10.4. The molecule has 6 nitrogen and oxygen atoms in total. The Labute approximate surface area is 227 Å². The Hall–Kier alpha value is -2.48. The number of allylic oxidation sites excluding steroid dienone is 2. The summed E-state index contributed by atoms with van der Waals surface area (Å²) in [5.41, 5.74) is 11.5. The largest absolute Gasteiger partial charge is 0.384 e. The van der Waals surface area contributed by atoms with Crippen LogP contribution in [0.15, 0.2) is 46.2 Å². The average molecular weight is 531 g/mol. The van der Waals surface area contributed by atoms with E-state index in [0.29, 0.717) is 42.4 Å². The first-order chi connectivity index (χ1) is 17.5. The third-order valence-corrected chi connectivity index (χ3v) is 6.68. The number of hydrogen-bond acceptors (Lipinski definition) is 5. The van der Waals surface area contributed by atoms with Gasteiger partial charge < -0.3 is 16.4 Å². The van der Waals surface area contributed by atoms with Crippen molar-refractivity contribution in [1.29, 1.82) is 0 Å². The molecule has 0 aliphatic carbocycles. The highest BCUT2D eigenvalue weighted by atomic mass is 35.5. The van der Waals surface area contributed by atoms with Crippen molar-refractivity contribution in [2.45, 2.75) is 54.4 Å². The molecule has 0 saturated carbocycles. The first-order valence-corrected chi connectivity index (χ1v) is 13.4. The number of nitrogens with two attached hydrogens (primary N) is 1. The highest BCUT2D eigenvalue weighted by molar-refractivity contribution is 6.31. The quantitative estimate of drug-likeness (QED) is 0.252. The highest BCUT2D eigenvalue weighted by Gasteiger charge is 2.21. The number of halogens is 2. The van der Waals surface area contributed by atoms with Crippen LogP contribution >= 0.6 is 11.6 Å². The maximum absolute atomic E-state index is 15.4. The zero-order chi connectivity index (χ0) is 27.5.